The number of aromatic nitrogens is 2. The molecule has 0 aliphatic heterocycles. The van der Waals surface area contributed by atoms with Crippen LogP contribution in [0.5, 0.6) is 0 Å². The molecule has 34 heavy (non-hydrogen) atoms. The monoisotopic (exact) mass is 598 g/mol. The summed E-state index contributed by atoms with van der Waals surface area (Å²) < 4.78 is 10.6. The first-order valence-corrected chi connectivity index (χ1v) is 12.1. The molecule has 4 aromatic rings. The summed E-state index contributed by atoms with van der Waals surface area (Å²) in [5.41, 5.74) is 3.05. The molecule has 3 aromatic carbocycles. The quantitative estimate of drug-likeness (QED) is 0.257. The number of halogens is 5. The molecule has 1 atom stereocenters. The van der Waals surface area contributed by atoms with Gasteiger partial charge in [0, 0.05) is 32.1 Å². The molecule has 1 aromatic heterocycles. The van der Waals surface area contributed by atoms with Crippen molar-refractivity contribution in [1.82, 2.24) is 4.57 Å². The normalized spacial score (nSPS) is 11.8. The summed E-state index contributed by atoms with van der Waals surface area (Å²) in [5.74, 6) is 0. The van der Waals surface area contributed by atoms with Crippen molar-refractivity contribution in [3.63, 3.8) is 0 Å². The maximum atomic E-state index is 6.52. The highest BCUT2D eigenvalue weighted by Gasteiger charge is 2.20. The first kappa shape index (κ1) is 27.1. The molecule has 0 aliphatic carbocycles. The molecule has 0 aliphatic rings. The van der Waals surface area contributed by atoms with E-state index in [1.54, 1.807) is 18.2 Å². The largest absolute Gasteiger partial charge is 1.00 e. The zero-order valence-electron chi connectivity index (χ0n) is 18.2. The van der Waals surface area contributed by atoms with Gasteiger partial charge in [-0.3, -0.25) is 0 Å². The topological polar surface area (TPSA) is 18.0 Å². The molecule has 0 fully saturated rings. The van der Waals surface area contributed by atoms with E-state index in [0.717, 1.165) is 24.1 Å². The number of benzene rings is 3. The van der Waals surface area contributed by atoms with Gasteiger partial charge in [-0.1, -0.05) is 88.9 Å². The van der Waals surface area contributed by atoms with Crippen molar-refractivity contribution < 1.29 is 26.3 Å². The van der Waals surface area contributed by atoms with Gasteiger partial charge < -0.3 is 21.7 Å². The Morgan fingerprint density at radius 2 is 1.56 bits per heavy atom. The van der Waals surface area contributed by atoms with Gasteiger partial charge in [0.1, 0.15) is 25.0 Å². The fourth-order valence-corrected chi connectivity index (χ4v) is 4.60. The van der Waals surface area contributed by atoms with Crippen molar-refractivity contribution in [2.24, 2.45) is 0 Å². The average Bonchev–Trinajstić information content (AvgIpc) is 3.24. The van der Waals surface area contributed by atoms with Gasteiger partial charge in [0.25, 0.3) is 0 Å². The minimum atomic E-state index is -0.295. The van der Waals surface area contributed by atoms with Crippen LogP contribution in [0.1, 0.15) is 22.8 Å². The van der Waals surface area contributed by atoms with Crippen LogP contribution in [0.3, 0.4) is 0 Å². The van der Waals surface area contributed by atoms with Crippen LogP contribution in [0.15, 0.2) is 85.5 Å². The second kappa shape index (κ2) is 13.0. The van der Waals surface area contributed by atoms with Crippen molar-refractivity contribution in [1.29, 1.82) is 0 Å². The Balaban J connectivity index is 0.00000324. The van der Waals surface area contributed by atoms with Crippen LogP contribution in [0.25, 0.3) is 0 Å². The third-order valence-corrected chi connectivity index (χ3v) is 6.54. The molecule has 1 heterocycles. The zero-order chi connectivity index (χ0) is 23.2. The minimum Gasteiger partial charge on any atom is -1.00 e. The van der Waals surface area contributed by atoms with Crippen molar-refractivity contribution in [3.05, 3.63) is 122 Å². The molecule has 0 amide bonds. The number of nitrogens with zero attached hydrogens (tertiary/aromatic N) is 2. The molecular formula is C26H23BrCl4N2O. The summed E-state index contributed by atoms with van der Waals surface area (Å²) in [6.45, 7) is 1.81. The molecular weight excluding hydrogens is 578 g/mol. The first-order chi connectivity index (χ1) is 16.0. The molecule has 0 bridgehead atoms. The Morgan fingerprint density at radius 3 is 2.26 bits per heavy atom. The molecule has 1 unspecified atom stereocenters. The number of rotatable bonds is 9. The van der Waals surface area contributed by atoms with Crippen molar-refractivity contribution >= 4 is 46.4 Å². The van der Waals surface area contributed by atoms with Crippen molar-refractivity contribution in [2.45, 2.75) is 32.2 Å². The highest BCUT2D eigenvalue weighted by Crippen LogP contribution is 2.30. The molecule has 178 valence electrons. The molecule has 4 rings (SSSR count). The van der Waals surface area contributed by atoms with Gasteiger partial charge in [-0.05, 0) is 35.4 Å². The lowest BCUT2D eigenvalue weighted by atomic mass is 10.1. The van der Waals surface area contributed by atoms with E-state index in [4.69, 9.17) is 51.1 Å². The van der Waals surface area contributed by atoms with E-state index >= 15 is 0 Å². The van der Waals surface area contributed by atoms with Crippen molar-refractivity contribution in [2.75, 3.05) is 0 Å². The van der Waals surface area contributed by atoms with Crippen LogP contribution in [0, 0.1) is 0 Å². The second-order valence-corrected chi connectivity index (χ2v) is 9.47. The maximum Gasteiger partial charge on any atom is 0.243 e. The van der Waals surface area contributed by atoms with E-state index < -0.39 is 0 Å². The smallest absolute Gasteiger partial charge is 0.243 e. The van der Waals surface area contributed by atoms with Gasteiger partial charge >= 0.3 is 0 Å². The van der Waals surface area contributed by atoms with E-state index in [2.05, 4.69) is 45.9 Å². The summed E-state index contributed by atoms with van der Waals surface area (Å²) in [4.78, 5) is 0. The summed E-state index contributed by atoms with van der Waals surface area (Å²) >= 11 is 25.0. The van der Waals surface area contributed by atoms with Crippen LogP contribution < -0.4 is 21.5 Å². The average molecular weight is 601 g/mol. The highest BCUT2D eigenvalue weighted by molar-refractivity contribution is 6.35. The zero-order valence-corrected chi connectivity index (χ0v) is 22.8. The van der Waals surface area contributed by atoms with Gasteiger partial charge in [-0.25, -0.2) is 9.13 Å². The molecule has 0 saturated carbocycles. The molecule has 0 spiro atoms. The SMILES string of the molecule is Clc1ccc(COC(C[n+]2ccn(CCc3ccccc3)c2)c2ccc(Cl)cc2Cl)c(Cl)c1.[Br-]. The molecule has 8 heteroatoms. The van der Waals surface area contributed by atoms with Crippen LogP contribution in [-0.4, -0.2) is 4.57 Å². The number of hydrogen-bond acceptors (Lipinski definition) is 1. The Hall–Kier alpha value is -1.53. The molecule has 0 N–H and O–H groups in total. The Bertz CT molecular complexity index is 1220. The van der Waals surface area contributed by atoms with E-state index in [1.165, 1.54) is 5.56 Å². The van der Waals surface area contributed by atoms with Crippen LogP contribution in [0.2, 0.25) is 20.1 Å². The number of ether oxygens (including phenoxy) is 1. The minimum absolute atomic E-state index is 0. The maximum absolute atomic E-state index is 6.52. The summed E-state index contributed by atoms with van der Waals surface area (Å²) in [6.07, 6.45) is 6.86. The van der Waals surface area contributed by atoms with E-state index in [-0.39, 0.29) is 23.1 Å². The third-order valence-electron chi connectivity index (χ3n) is 5.39. The van der Waals surface area contributed by atoms with Gasteiger partial charge in [-0.2, -0.15) is 0 Å². The third kappa shape index (κ3) is 7.48. The standard InChI is InChI=1S/C26H23Cl4N2O.BrH/c27-21-7-6-20(24(29)14-21)17-33-26(23-9-8-22(28)15-25(23)30)16-32-13-12-31(18-32)11-10-19-4-2-1-3-5-19;/h1-9,12-15,18,26H,10-11,16-17H2;1H/q+1;/p-1. The summed E-state index contributed by atoms with van der Waals surface area (Å²) in [5, 5.41) is 2.32. The lowest BCUT2D eigenvalue weighted by Gasteiger charge is -2.19. The van der Waals surface area contributed by atoms with Crippen LogP contribution in [0.4, 0.5) is 0 Å². The van der Waals surface area contributed by atoms with Gasteiger partial charge in [-0.15, -0.1) is 0 Å². The lowest BCUT2D eigenvalue weighted by molar-refractivity contribution is -0.704. The fraction of sp³-hybridized carbons (Fsp3) is 0.192. The van der Waals surface area contributed by atoms with E-state index in [1.807, 2.05) is 30.5 Å². The van der Waals surface area contributed by atoms with Gasteiger partial charge in [0.15, 0.2) is 0 Å². The predicted molar refractivity (Wildman–Crippen MR) is 135 cm³/mol. The summed E-state index contributed by atoms with van der Waals surface area (Å²) in [7, 11) is 0. The Morgan fingerprint density at radius 1 is 0.853 bits per heavy atom. The first-order valence-electron chi connectivity index (χ1n) is 10.6. The van der Waals surface area contributed by atoms with Crippen LogP contribution in [-0.2, 0) is 30.9 Å². The van der Waals surface area contributed by atoms with E-state index in [0.29, 0.717) is 33.2 Å². The number of hydrogen-bond donors (Lipinski definition) is 0. The second-order valence-electron chi connectivity index (χ2n) is 7.79. The summed E-state index contributed by atoms with van der Waals surface area (Å²) in [6, 6.07) is 21.3. The molecule has 3 nitrogen and oxygen atoms in total. The molecule has 0 radical (unpaired) electrons. The predicted octanol–water partition coefficient (Wildman–Crippen LogP) is 4.59. The number of aryl methyl sites for hydroxylation is 2. The van der Waals surface area contributed by atoms with Crippen LogP contribution >= 0.6 is 46.4 Å². The van der Waals surface area contributed by atoms with Gasteiger partial charge in [0.2, 0.25) is 6.33 Å². The Labute approximate surface area is 230 Å². The Kier molecular flexibility index (Phi) is 10.3. The number of imidazole rings is 1. The van der Waals surface area contributed by atoms with Crippen molar-refractivity contribution in [3.8, 4) is 0 Å². The van der Waals surface area contributed by atoms with E-state index in [9.17, 15) is 0 Å². The fourth-order valence-electron chi connectivity index (χ4n) is 3.61. The molecule has 0 saturated heterocycles. The highest BCUT2D eigenvalue weighted by atomic mass is 79.9. The van der Waals surface area contributed by atoms with Gasteiger partial charge in [0.05, 0.1) is 13.2 Å². The lowest BCUT2D eigenvalue weighted by Crippen LogP contribution is -3.00.